The largest absolute Gasteiger partial charge is 0.308 e. The van der Waals surface area contributed by atoms with E-state index in [-0.39, 0.29) is 0 Å². The molecule has 3 atom stereocenters. The van der Waals surface area contributed by atoms with Gasteiger partial charge in [-0.1, -0.05) is 115 Å². The molecule has 3 aliphatic heterocycles. The third kappa shape index (κ3) is 4.89. The van der Waals surface area contributed by atoms with Crippen LogP contribution in [0.5, 0.6) is 0 Å². The number of rotatable bonds is 8. The van der Waals surface area contributed by atoms with Gasteiger partial charge in [0.25, 0.3) is 0 Å². The zero-order valence-corrected chi connectivity index (χ0v) is 21.0. The Labute approximate surface area is 216 Å². The average molecular weight is 473 g/mol. The Kier molecular flexibility index (Phi) is 6.98. The smallest absolute Gasteiger partial charge is 0.0361 e. The van der Waals surface area contributed by atoms with E-state index in [0.29, 0.717) is 18.0 Å². The van der Waals surface area contributed by atoms with Crippen LogP contribution in [-0.4, -0.2) is 30.1 Å². The molecule has 0 spiro atoms. The third-order valence-corrected chi connectivity index (χ3v) is 8.38. The molecule has 3 fully saturated rings. The van der Waals surface area contributed by atoms with Gasteiger partial charge < -0.3 is 5.32 Å². The molecule has 2 bridgehead atoms. The van der Waals surface area contributed by atoms with Gasteiger partial charge in [0.15, 0.2) is 0 Å². The van der Waals surface area contributed by atoms with E-state index in [0.717, 1.165) is 18.9 Å². The maximum absolute atomic E-state index is 4.07. The average Bonchev–Trinajstić information content (AvgIpc) is 2.96. The normalized spacial score (nSPS) is 23.9. The molecule has 2 heteroatoms. The highest BCUT2D eigenvalue weighted by atomic mass is 15.2. The second kappa shape index (κ2) is 10.8. The van der Waals surface area contributed by atoms with Crippen molar-refractivity contribution in [3.05, 3.63) is 143 Å². The maximum atomic E-state index is 4.07. The Balaban J connectivity index is 1.40. The Morgan fingerprint density at radius 3 is 1.94 bits per heavy atom. The molecular weight excluding hydrogens is 436 g/mol. The van der Waals surface area contributed by atoms with Crippen molar-refractivity contribution in [3.8, 4) is 0 Å². The van der Waals surface area contributed by atoms with Crippen LogP contribution >= 0.6 is 0 Å². The topological polar surface area (TPSA) is 15.3 Å². The van der Waals surface area contributed by atoms with Gasteiger partial charge in [-0.3, -0.25) is 4.90 Å². The lowest BCUT2D eigenvalue weighted by Crippen LogP contribution is -2.64. The molecule has 3 heterocycles. The van der Waals surface area contributed by atoms with Crippen LogP contribution < -0.4 is 5.32 Å². The first-order chi connectivity index (χ1) is 17.9. The number of hydrogen-bond donors (Lipinski definition) is 1. The zero-order chi connectivity index (χ0) is 24.2. The highest BCUT2D eigenvalue weighted by Gasteiger charge is 2.46. The summed E-state index contributed by atoms with van der Waals surface area (Å²) >= 11 is 0. The number of fused-ring (bicyclic) bond motifs is 3. The molecule has 36 heavy (non-hydrogen) atoms. The van der Waals surface area contributed by atoms with E-state index in [2.05, 4.69) is 125 Å². The van der Waals surface area contributed by atoms with E-state index in [1.165, 1.54) is 53.7 Å². The molecule has 0 radical (unpaired) electrons. The van der Waals surface area contributed by atoms with Crippen LogP contribution in [-0.2, 0) is 13.0 Å². The minimum atomic E-state index is 0.336. The quantitative estimate of drug-likeness (QED) is 0.308. The van der Waals surface area contributed by atoms with Gasteiger partial charge in [-0.2, -0.15) is 0 Å². The summed E-state index contributed by atoms with van der Waals surface area (Å²) in [6, 6.07) is 43.2. The van der Waals surface area contributed by atoms with Gasteiger partial charge >= 0.3 is 0 Å². The number of benzene rings is 4. The molecule has 4 aromatic carbocycles. The van der Waals surface area contributed by atoms with Gasteiger partial charge in [0.05, 0.1) is 0 Å². The molecule has 2 nitrogen and oxygen atoms in total. The van der Waals surface area contributed by atoms with Crippen molar-refractivity contribution < 1.29 is 0 Å². The zero-order valence-electron chi connectivity index (χ0n) is 21.0. The first-order valence-corrected chi connectivity index (χ1v) is 13.5. The van der Waals surface area contributed by atoms with Crippen LogP contribution in [0, 0.1) is 5.92 Å². The van der Waals surface area contributed by atoms with Crippen molar-refractivity contribution in [2.45, 2.75) is 43.8 Å². The lowest BCUT2D eigenvalue weighted by Gasteiger charge is -2.54. The van der Waals surface area contributed by atoms with Crippen LogP contribution in [0.4, 0.5) is 0 Å². The molecule has 0 amide bonds. The summed E-state index contributed by atoms with van der Waals surface area (Å²) in [7, 11) is 0. The van der Waals surface area contributed by atoms with Crippen molar-refractivity contribution in [1.29, 1.82) is 0 Å². The van der Waals surface area contributed by atoms with Gasteiger partial charge in [-0.15, -0.1) is 0 Å². The molecule has 1 N–H and O–H groups in total. The lowest BCUT2D eigenvalue weighted by molar-refractivity contribution is 0.00458. The molecule has 0 aliphatic carbocycles. The summed E-state index contributed by atoms with van der Waals surface area (Å²) in [4.78, 5) is 2.79. The second-order valence-electron chi connectivity index (χ2n) is 10.5. The van der Waals surface area contributed by atoms with E-state index in [4.69, 9.17) is 0 Å². The van der Waals surface area contributed by atoms with Gasteiger partial charge in [-0.25, -0.2) is 0 Å². The molecule has 4 aromatic rings. The Morgan fingerprint density at radius 1 is 0.667 bits per heavy atom. The maximum Gasteiger partial charge on any atom is 0.0361 e. The van der Waals surface area contributed by atoms with E-state index in [1.807, 2.05) is 0 Å². The van der Waals surface area contributed by atoms with Gasteiger partial charge in [0.1, 0.15) is 0 Å². The van der Waals surface area contributed by atoms with Crippen LogP contribution in [0.1, 0.15) is 46.6 Å². The van der Waals surface area contributed by atoms with Crippen molar-refractivity contribution in [2.24, 2.45) is 5.92 Å². The standard InChI is InChI=1S/C34H36N2/c1-4-12-26(13-5-1)24-30-18-10-11-19-31(30)32(28-16-8-3-9-17-28)34-33(29-20-22-36(34)23-21-29)35-25-27-14-6-2-7-15-27/h1-19,29,32-35H,20-25H2/t32?,33-,34+/m1/s1. The fourth-order valence-electron chi connectivity index (χ4n) is 6.66. The molecule has 0 aromatic heterocycles. The SMILES string of the molecule is c1ccc(CN[C@@H]2C3CCN(CC3)[C@H]2C(c2ccccc2)c2ccccc2Cc2ccccc2)cc1. The van der Waals surface area contributed by atoms with E-state index < -0.39 is 0 Å². The third-order valence-electron chi connectivity index (χ3n) is 8.38. The second-order valence-corrected chi connectivity index (χ2v) is 10.5. The van der Waals surface area contributed by atoms with E-state index >= 15 is 0 Å². The molecule has 182 valence electrons. The predicted molar refractivity (Wildman–Crippen MR) is 149 cm³/mol. The predicted octanol–water partition coefficient (Wildman–Crippen LogP) is 6.66. The van der Waals surface area contributed by atoms with E-state index in [9.17, 15) is 0 Å². The van der Waals surface area contributed by atoms with Crippen molar-refractivity contribution in [2.75, 3.05) is 13.1 Å². The monoisotopic (exact) mass is 472 g/mol. The Morgan fingerprint density at radius 2 is 1.25 bits per heavy atom. The van der Waals surface area contributed by atoms with Crippen molar-refractivity contribution >= 4 is 0 Å². The molecule has 0 saturated carbocycles. The van der Waals surface area contributed by atoms with Crippen LogP contribution in [0.25, 0.3) is 0 Å². The first kappa shape index (κ1) is 23.2. The summed E-state index contributed by atoms with van der Waals surface area (Å²) in [6.07, 6.45) is 3.57. The minimum absolute atomic E-state index is 0.336. The molecule has 3 aliphatic rings. The van der Waals surface area contributed by atoms with Crippen LogP contribution in [0.3, 0.4) is 0 Å². The lowest BCUT2D eigenvalue weighted by atomic mass is 9.69. The highest BCUT2D eigenvalue weighted by Crippen LogP contribution is 2.43. The van der Waals surface area contributed by atoms with Gasteiger partial charge in [-0.05, 0) is 66.1 Å². The van der Waals surface area contributed by atoms with Gasteiger partial charge in [0.2, 0.25) is 0 Å². The van der Waals surface area contributed by atoms with Crippen molar-refractivity contribution in [1.82, 2.24) is 10.2 Å². The van der Waals surface area contributed by atoms with Gasteiger partial charge in [0, 0.05) is 24.5 Å². The highest BCUT2D eigenvalue weighted by molar-refractivity contribution is 5.43. The van der Waals surface area contributed by atoms with Crippen LogP contribution in [0.15, 0.2) is 115 Å². The summed E-state index contributed by atoms with van der Waals surface area (Å²) < 4.78 is 0. The number of nitrogens with one attached hydrogen (secondary N) is 1. The first-order valence-electron chi connectivity index (χ1n) is 13.5. The molecular formula is C34H36N2. The van der Waals surface area contributed by atoms with Crippen molar-refractivity contribution in [3.63, 3.8) is 0 Å². The van der Waals surface area contributed by atoms with E-state index in [1.54, 1.807) is 0 Å². The molecule has 1 unspecified atom stereocenters. The fourth-order valence-corrected chi connectivity index (χ4v) is 6.66. The minimum Gasteiger partial charge on any atom is -0.308 e. The Bertz CT molecular complexity index is 1230. The van der Waals surface area contributed by atoms with Crippen LogP contribution in [0.2, 0.25) is 0 Å². The number of hydrogen-bond acceptors (Lipinski definition) is 2. The summed E-state index contributed by atoms with van der Waals surface area (Å²) in [6.45, 7) is 3.35. The molecule has 7 rings (SSSR count). The molecule has 3 saturated heterocycles. The summed E-state index contributed by atoms with van der Waals surface area (Å²) in [5.74, 6) is 1.07. The number of piperidine rings is 3. The number of nitrogens with zero attached hydrogens (tertiary/aromatic N) is 1. The summed E-state index contributed by atoms with van der Waals surface area (Å²) in [5, 5.41) is 4.07. The Hall–Kier alpha value is -3.20. The fraction of sp³-hybridized carbons (Fsp3) is 0.294. The summed E-state index contributed by atoms with van der Waals surface area (Å²) in [5.41, 5.74) is 7.11.